The van der Waals surface area contributed by atoms with Crippen molar-refractivity contribution in [2.24, 2.45) is 5.92 Å². The molecule has 0 aromatic heterocycles. The molecular weight excluding hydrogens is 210 g/mol. The summed E-state index contributed by atoms with van der Waals surface area (Å²) in [6, 6.07) is 1.61. The van der Waals surface area contributed by atoms with Crippen LogP contribution in [0.3, 0.4) is 0 Å². The fraction of sp³-hybridized carbons (Fsp3) is 1.00. The van der Waals surface area contributed by atoms with Crippen molar-refractivity contribution >= 4 is 0 Å². The van der Waals surface area contributed by atoms with Gasteiger partial charge in [0, 0.05) is 44.8 Å². The lowest BCUT2D eigenvalue weighted by Gasteiger charge is -2.50. The summed E-state index contributed by atoms with van der Waals surface area (Å²) in [6.07, 6.45) is 7.38. The maximum Gasteiger partial charge on any atom is 0.0349 e. The molecule has 3 heteroatoms. The lowest BCUT2D eigenvalue weighted by molar-refractivity contribution is 0.000206. The number of fused-ring (bicyclic) bond motifs is 1. The van der Waals surface area contributed by atoms with E-state index in [2.05, 4.69) is 22.2 Å². The van der Waals surface area contributed by atoms with Gasteiger partial charge in [-0.15, -0.1) is 0 Å². The lowest BCUT2D eigenvalue weighted by atomic mass is 9.82. The molecule has 1 saturated carbocycles. The Kier molecular flexibility index (Phi) is 3.69. The molecule has 98 valence electrons. The maximum atomic E-state index is 3.53. The van der Waals surface area contributed by atoms with Crippen LogP contribution in [-0.4, -0.2) is 61.7 Å². The van der Waals surface area contributed by atoms with E-state index < -0.39 is 0 Å². The molecule has 0 amide bonds. The van der Waals surface area contributed by atoms with Crippen LogP contribution in [-0.2, 0) is 0 Å². The van der Waals surface area contributed by atoms with Gasteiger partial charge in [0.1, 0.15) is 0 Å². The Balaban J connectivity index is 1.64. The summed E-state index contributed by atoms with van der Waals surface area (Å²) >= 11 is 0. The van der Waals surface area contributed by atoms with Gasteiger partial charge in [-0.2, -0.15) is 0 Å². The van der Waals surface area contributed by atoms with Gasteiger partial charge in [0.05, 0.1) is 0 Å². The Morgan fingerprint density at radius 3 is 2.71 bits per heavy atom. The highest BCUT2D eigenvalue weighted by Crippen LogP contribution is 2.31. The van der Waals surface area contributed by atoms with E-state index in [9.17, 15) is 0 Å². The number of nitrogens with zero attached hydrogens (tertiary/aromatic N) is 2. The zero-order valence-corrected chi connectivity index (χ0v) is 11.2. The van der Waals surface area contributed by atoms with E-state index in [1.807, 2.05) is 0 Å². The van der Waals surface area contributed by atoms with Crippen molar-refractivity contribution in [3.63, 3.8) is 0 Å². The lowest BCUT2D eigenvalue weighted by Crippen LogP contribution is -2.64. The smallest absolute Gasteiger partial charge is 0.0349 e. The largest absolute Gasteiger partial charge is 0.314 e. The molecular formula is C14H27N3. The van der Waals surface area contributed by atoms with Gasteiger partial charge in [-0.3, -0.25) is 4.90 Å². The summed E-state index contributed by atoms with van der Waals surface area (Å²) in [5.41, 5.74) is 0. The van der Waals surface area contributed by atoms with Crippen molar-refractivity contribution in [3.8, 4) is 0 Å². The van der Waals surface area contributed by atoms with Crippen LogP contribution >= 0.6 is 0 Å². The molecule has 17 heavy (non-hydrogen) atoms. The topological polar surface area (TPSA) is 18.5 Å². The van der Waals surface area contributed by atoms with Crippen molar-refractivity contribution < 1.29 is 0 Å². The van der Waals surface area contributed by atoms with Gasteiger partial charge in [-0.25, -0.2) is 0 Å². The molecule has 0 spiro atoms. The second-order valence-corrected chi connectivity index (χ2v) is 6.26. The van der Waals surface area contributed by atoms with Crippen molar-refractivity contribution in [2.75, 3.05) is 39.8 Å². The molecule has 0 radical (unpaired) electrons. The summed E-state index contributed by atoms with van der Waals surface area (Å²) < 4.78 is 0. The standard InChI is InChI=1S/C14H27N3/c1-16-10-13-9-15-7-8-17(13)11-14(16)12-5-3-2-4-6-12/h12-15H,2-11H2,1H3. The number of hydrogen-bond acceptors (Lipinski definition) is 3. The Morgan fingerprint density at radius 2 is 1.88 bits per heavy atom. The van der Waals surface area contributed by atoms with E-state index in [4.69, 9.17) is 0 Å². The minimum atomic E-state index is 0.772. The fourth-order valence-corrected chi connectivity index (χ4v) is 4.10. The first-order chi connectivity index (χ1) is 8.34. The first-order valence-electron chi connectivity index (χ1n) is 7.49. The van der Waals surface area contributed by atoms with Gasteiger partial charge in [0.2, 0.25) is 0 Å². The highest BCUT2D eigenvalue weighted by Gasteiger charge is 2.36. The molecule has 3 fully saturated rings. The molecule has 3 aliphatic rings. The minimum absolute atomic E-state index is 0.772. The van der Waals surface area contributed by atoms with Gasteiger partial charge in [0.15, 0.2) is 0 Å². The zero-order valence-electron chi connectivity index (χ0n) is 11.2. The average Bonchev–Trinajstić information content (AvgIpc) is 2.39. The van der Waals surface area contributed by atoms with E-state index in [0.717, 1.165) is 18.0 Å². The molecule has 1 N–H and O–H groups in total. The highest BCUT2D eigenvalue weighted by molar-refractivity contribution is 4.94. The van der Waals surface area contributed by atoms with Crippen molar-refractivity contribution in [3.05, 3.63) is 0 Å². The number of rotatable bonds is 1. The molecule has 0 aromatic rings. The third-order valence-electron chi connectivity index (χ3n) is 5.15. The summed E-state index contributed by atoms with van der Waals surface area (Å²) in [6.45, 7) is 6.25. The van der Waals surface area contributed by atoms with E-state index in [0.29, 0.717) is 0 Å². The highest BCUT2D eigenvalue weighted by atomic mass is 15.3. The van der Waals surface area contributed by atoms with Gasteiger partial charge in [-0.1, -0.05) is 19.3 Å². The monoisotopic (exact) mass is 237 g/mol. The number of piperazine rings is 2. The Bertz CT molecular complexity index is 250. The molecule has 2 heterocycles. The van der Waals surface area contributed by atoms with Crippen LogP contribution in [0.25, 0.3) is 0 Å². The molecule has 3 rings (SSSR count). The SMILES string of the molecule is CN1CC2CNCCN2CC1C1CCCCC1. The van der Waals surface area contributed by atoms with Crippen LogP contribution in [0.5, 0.6) is 0 Å². The summed E-state index contributed by atoms with van der Waals surface area (Å²) in [5, 5.41) is 3.53. The van der Waals surface area contributed by atoms with Crippen LogP contribution in [0.15, 0.2) is 0 Å². The van der Waals surface area contributed by atoms with Crippen molar-refractivity contribution in [1.29, 1.82) is 0 Å². The van der Waals surface area contributed by atoms with E-state index in [1.165, 1.54) is 64.8 Å². The second kappa shape index (κ2) is 5.25. The normalized spacial score (nSPS) is 37.9. The van der Waals surface area contributed by atoms with Gasteiger partial charge >= 0.3 is 0 Å². The average molecular weight is 237 g/mol. The summed E-state index contributed by atoms with van der Waals surface area (Å²) in [5.74, 6) is 0.976. The Hall–Kier alpha value is -0.120. The first-order valence-corrected chi connectivity index (χ1v) is 7.49. The van der Waals surface area contributed by atoms with Crippen LogP contribution < -0.4 is 5.32 Å². The van der Waals surface area contributed by atoms with Crippen LogP contribution in [0.4, 0.5) is 0 Å². The van der Waals surface area contributed by atoms with Crippen molar-refractivity contribution in [2.45, 2.75) is 44.2 Å². The third-order valence-corrected chi connectivity index (χ3v) is 5.15. The maximum absolute atomic E-state index is 3.53. The predicted molar refractivity (Wildman–Crippen MR) is 71.2 cm³/mol. The van der Waals surface area contributed by atoms with Gasteiger partial charge in [-0.05, 0) is 25.8 Å². The van der Waals surface area contributed by atoms with Crippen LogP contribution in [0.1, 0.15) is 32.1 Å². The van der Waals surface area contributed by atoms with E-state index >= 15 is 0 Å². The molecule has 2 unspecified atom stereocenters. The fourth-order valence-electron chi connectivity index (χ4n) is 4.10. The number of likely N-dealkylation sites (N-methyl/N-ethyl adjacent to an activating group) is 1. The van der Waals surface area contributed by atoms with Crippen LogP contribution in [0, 0.1) is 5.92 Å². The summed E-state index contributed by atoms with van der Waals surface area (Å²) in [7, 11) is 2.35. The van der Waals surface area contributed by atoms with E-state index in [1.54, 1.807) is 0 Å². The van der Waals surface area contributed by atoms with Crippen molar-refractivity contribution in [1.82, 2.24) is 15.1 Å². The quantitative estimate of drug-likeness (QED) is 0.738. The third kappa shape index (κ3) is 2.51. The van der Waals surface area contributed by atoms with E-state index in [-0.39, 0.29) is 0 Å². The van der Waals surface area contributed by atoms with Gasteiger partial charge in [0.25, 0.3) is 0 Å². The molecule has 0 aromatic carbocycles. The molecule has 2 saturated heterocycles. The number of nitrogens with one attached hydrogen (secondary N) is 1. The zero-order chi connectivity index (χ0) is 11.7. The summed E-state index contributed by atoms with van der Waals surface area (Å²) in [4.78, 5) is 5.40. The molecule has 2 aliphatic heterocycles. The Labute approximate surface area is 106 Å². The molecule has 1 aliphatic carbocycles. The molecule has 3 nitrogen and oxygen atoms in total. The van der Waals surface area contributed by atoms with Gasteiger partial charge < -0.3 is 10.2 Å². The molecule has 0 bridgehead atoms. The van der Waals surface area contributed by atoms with Crippen LogP contribution in [0.2, 0.25) is 0 Å². The first kappa shape index (κ1) is 11.9. The minimum Gasteiger partial charge on any atom is -0.314 e. The molecule has 2 atom stereocenters. The second-order valence-electron chi connectivity index (χ2n) is 6.26. The number of hydrogen-bond donors (Lipinski definition) is 1. The predicted octanol–water partition coefficient (Wildman–Crippen LogP) is 1.15. The Morgan fingerprint density at radius 1 is 1.06 bits per heavy atom.